The molecule has 21 heavy (non-hydrogen) atoms. The van der Waals surface area contributed by atoms with Crippen molar-refractivity contribution < 1.29 is 14.0 Å². The maximum atomic E-state index is 13.0. The molecule has 0 aromatic heterocycles. The largest absolute Gasteiger partial charge is 0.330 e. The van der Waals surface area contributed by atoms with Crippen LogP contribution < -0.4 is 5.32 Å². The molecule has 1 aromatic carbocycles. The first kappa shape index (κ1) is 15.8. The molecular weight excluding hydrogens is 295 g/mol. The average Bonchev–Trinajstić information content (AvgIpc) is 2.90. The SMILES string of the molecule is CC(C)C(=O)N1CCCC1C(=O)Nc1ccc(F)cc1Cl. The van der Waals surface area contributed by atoms with Gasteiger partial charge >= 0.3 is 0 Å². The molecule has 0 spiro atoms. The van der Waals surface area contributed by atoms with Crippen molar-refractivity contribution in [1.82, 2.24) is 4.90 Å². The van der Waals surface area contributed by atoms with Crippen molar-refractivity contribution in [1.29, 1.82) is 0 Å². The Morgan fingerprint density at radius 2 is 2.14 bits per heavy atom. The molecular formula is C15H18ClFN2O2. The van der Waals surface area contributed by atoms with E-state index < -0.39 is 11.9 Å². The first-order chi connectivity index (χ1) is 9.90. The molecule has 1 unspecified atom stereocenters. The van der Waals surface area contributed by atoms with Crippen molar-refractivity contribution >= 4 is 29.1 Å². The van der Waals surface area contributed by atoms with Crippen molar-refractivity contribution in [2.75, 3.05) is 11.9 Å². The van der Waals surface area contributed by atoms with E-state index in [1.807, 2.05) is 13.8 Å². The topological polar surface area (TPSA) is 49.4 Å². The second-order valence-electron chi connectivity index (χ2n) is 5.46. The minimum absolute atomic E-state index is 0.0298. The molecule has 1 saturated heterocycles. The fourth-order valence-corrected chi connectivity index (χ4v) is 2.66. The molecule has 1 atom stereocenters. The summed E-state index contributed by atoms with van der Waals surface area (Å²) in [6.07, 6.45) is 1.43. The summed E-state index contributed by atoms with van der Waals surface area (Å²) in [6.45, 7) is 4.21. The zero-order valence-electron chi connectivity index (χ0n) is 12.0. The van der Waals surface area contributed by atoms with Gasteiger partial charge in [0.2, 0.25) is 11.8 Å². The summed E-state index contributed by atoms with van der Waals surface area (Å²) in [5.41, 5.74) is 0.354. The van der Waals surface area contributed by atoms with Crippen LogP contribution in [0.15, 0.2) is 18.2 Å². The van der Waals surface area contributed by atoms with Crippen molar-refractivity contribution in [3.63, 3.8) is 0 Å². The van der Waals surface area contributed by atoms with Gasteiger partial charge in [0.1, 0.15) is 11.9 Å². The molecule has 1 aromatic rings. The van der Waals surface area contributed by atoms with Gasteiger partial charge in [0.25, 0.3) is 0 Å². The Morgan fingerprint density at radius 3 is 2.76 bits per heavy atom. The molecule has 6 heteroatoms. The monoisotopic (exact) mass is 312 g/mol. The van der Waals surface area contributed by atoms with Crippen LogP contribution in [0.4, 0.5) is 10.1 Å². The number of amides is 2. The van der Waals surface area contributed by atoms with Crippen molar-refractivity contribution in [2.45, 2.75) is 32.7 Å². The molecule has 114 valence electrons. The van der Waals surface area contributed by atoms with Crippen LogP contribution in [0.25, 0.3) is 0 Å². The Morgan fingerprint density at radius 1 is 1.43 bits per heavy atom. The molecule has 1 aliphatic heterocycles. The predicted molar refractivity (Wildman–Crippen MR) is 79.6 cm³/mol. The maximum Gasteiger partial charge on any atom is 0.247 e. The molecule has 0 aliphatic carbocycles. The second-order valence-corrected chi connectivity index (χ2v) is 5.86. The summed E-state index contributed by atoms with van der Waals surface area (Å²) in [4.78, 5) is 26.0. The highest BCUT2D eigenvalue weighted by molar-refractivity contribution is 6.33. The van der Waals surface area contributed by atoms with Crippen LogP contribution in [0.1, 0.15) is 26.7 Å². The van der Waals surface area contributed by atoms with Crippen LogP contribution in [0.5, 0.6) is 0 Å². The van der Waals surface area contributed by atoms with Crippen LogP contribution in [-0.4, -0.2) is 29.3 Å². The number of carbonyl (C=O) groups is 2. The van der Waals surface area contributed by atoms with Crippen LogP contribution in [0.3, 0.4) is 0 Å². The Hall–Kier alpha value is -1.62. The number of anilines is 1. The number of hydrogen-bond acceptors (Lipinski definition) is 2. The minimum atomic E-state index is -0.485. The van der Waals surface area contributed by atoms with Crippen LogP contribution in [-0.2, 0) is 9.59 Å². The number of rotatable bonds is 3. The third kappa shape index (κ3) is 3.53. The predicted octanol–water partition coefficient (Wildman–Crippen LogP) is 3.06. The van der Waals surface area contributed by atoms with Crippen LogP contribution in [0, 0.1) is 11.7 Å². The molecule has 1 aliphatic rings. The molecule has 2 rings (SSSR count). The molecule has 4 nitrogen and oxygen atoms in total. The number of halogens is 2. The van der Waals surface area contributed by atoms with Gasteiger partial charge in [-0.05, 0) is 31.0 Å². The van der Waals surface area contributed by atoms with Gasteiger partial charge in [-0.3, -0.25) is 9.59 Å². The molecule has 1 N–H and O–H groups in total. The molecule has 0 saturated carbocycles. The van der Waals surface area contributed by atoms with Gasteiger partial charge in [0.05, 0.1) is 10.7 Å². The lowest BCUT2D eigenvalue weighted by molar-refractivity contribution is -0.139. The Balaban J connectivity index is 2.10. The number of benzene rings is 1. The summed E-state index contributed by atoms with van der Waals surface area (Å²) in [5.74, 6) is -0.920. The molecule has 2 amide bonds. The van der Waals surface area contributed by atoms with E-state index in [2.05, 4.69) is 5.32 Å². The van der Waals surface area contributed by atoms with Gasteiger partial charge in [-0.25, -0.2) is 4.39 Å². The van der Waals surface area contributed by atoms with E-state index in [1.165, 1.54) is 12.1 Å². The lowest BCUT2D eigenvalue weighted by Gasteiger charge is -2.25. The maximum absolute atomic E-state index is 13.0. The highest BCUT2D eigenvalue weighted by Crippen LogP contribution is 2.25. The minimum Gasteiger partial charge on any atom is -0.330 e. The molecule has 1 heterocycles. The highest BCUT2D eigenvalue weighted by Gasteiger charge is 2.35. The quantitative estimate of drug-likeness (QED) is 0.932. The van der Waals surface area contributed by atoms with Gasteiger partial charge in [0, 0.05) is 12.5 Å². The number of nitrogens with zero attached hydrogens (tertiary/aromatic N) is 1. The normalized spacial score (nSPS) is 18.1. The first-order valence-electron chi connectivity index (χ1n) is 6.96. The second kappa shape index (κ2) is 6.43. The zero-order chi connectivity index (χ0) is 15.6. The van der Waals surface area contributed by atoms with Crippen LogP contribution >= 0.6 is 11.6 Å². The smallest absolute Gasteiger partial charge is 0.247 e. The van der Waals surface area contributed by atoms with E-state index >= 15 is 0 Å². The van der Waals surface area contributed by atoms with Gasteiger partial charge in [-0.15, -0.1) is 0 Å². The number of hydrogen-bond donors (Lipinski definition) is 1. The average molecular weight is 313 g/mol. The summed E-state index contributed by atoms with van der Waals surface area (Å²) in [5, 5.41) is 2.81. The number of nitrogens with one attached hydrogen (secondary N) is 1. The third-order valence-electron chi connectivity index (χ3n) is 3.52. The summed E-state index contributed by atoms with van der Waals surface area (Å²) < 4.78 is 13.0. The summed E-state index contributed by atoms with van der Waals surface area (Å²) in [6, 6.07) is 3.30. The van der Waals surface area contributed by atoms with Crippen molar-refractivity contribution in [2.24, 2.45) is 5.92 Å². The van der Waals surface area contributed by atoms with Gasteiger partial charge in [-0.2, -0.15) is 0 Å². The van der Waals surface area contributed by atoms with Gasteiger partial charge in [0.15, 0.2) is 0 Å². The van der Waals surface area contributed by atoms with E-state index in [-0.39, 0.29) is 22.8 Å². The van der Waals surface area contributed by atoms with Crippen molar-refractivity contribution in [3.8, 4) is 0 Å². The van der Waals surface area contributed by atoms with Gasteiger partial charge in [-0.1, -0.05) is 25.4 Å². The highest BCUT2D eigenvalue weighted by atomic mass is 35.5. The first-order valence-corrected chi connectivity index (χ1v) is 7.34. The van der Waals surface area contributed by atoms with E-state index in [4.69, 9.17) is 11.6 Å². The fourth-order valence-electron chi connectivity index (χ4n) is 2.44. The van der Waals surface area contributed by atoms with Crippen LogP contribution in [0.2, 0.25) is 5.02 Å². The Labute approximate surface area is 128 Å². The van der Waals surface area contributed by atoms with Gasteiger partial charge < -0.3 is 10.2 Å². The third-order valence-corrected chi connectivity index (χ3v) is 3.83. The van der Waals surface area contributed by atoms with Crippen molar-refractivity contribution in [3.05, 3.63) is 29.0 Å². The Bertz CT molecular complexity index is 563. The molecule has 0 radical (unpaired) electrons. The Kier molecular flexibility index (Phi) is 4.83. The standard InChI is InChI=1S/C15H18ClFN2O2/c1-9(2)15(21)19-7-3-4-13(19)14(20)18-12-6-5-10(17)8-11(12)16/h5-6,8-9,13H,3-4,7H2,1-2H3,(H,18,20). The number of carbonyl (C=O) groups excluding carboxylic acids is 2. The number of likely N-dealkylation sites (tertiary alicyclic amines) is 1. The molecule has 0 bridgehead atoms. The zero-order valence-corrected chi connectivity index (χ0v) is 12.8. The lowest BCUT2D eigenvalue weighted by Crippen LogP contribution is -2.44. The van der Waals surface area contributed by atoms with E-state index in [0.717, 1.165) is 12.5 Å². The van der Waals surface area contributed by atoms with E-state index in [9.17, 15) is 14.0 Å². The summed E-state index contributed by atoms with van der Waals surface area (Å²) >= 11 is 5.89. The van der Waals surface area contributed by atoms with E-state index in [0.29, 0.717) is 18.7 Å². The summed E-state index contributed by atoms with van der Waals surface area (Å²) in [7, 11) is 0. The van der Waals surface area contributed by atoms with E-state index in [1.54, 1.807) is 4.90 Å². The fraction of sp³-hybridized carbons (Fsp3) is 0.467. The lowest BCUT2D eigenvalue weighted by atomic mass is 10.1. The molecule has 1 fully saturated rings.